The third kappa shape index (κ3) is 5.68. The van der Waals surface area contributed by atoms with E-state index in [1.165, 1.54) is 0 Å². The SMILES string of the molecule is CC(C)(C)C(=O)NCCO[Si](C)(C)C(C)(C)C. The molecule has 1 N–H and O–H groups in total. The number of nitrogens with one attached hydrogen (secondary N) is 1. The summed E-state index contributed by atoms with van der Waals surface area (Å²) in [4.78, 5) is 11.6. The zero-order valence-corrected chi connectivity index (χ0v) is 13.7. The van der Waals surface area contributed by atoms with E-state index in [0.29, 0.717) is 13.2 Å². The Morgan fingerprint density at radius 2 is 1.59 bits per heavy atom. The molecule has 0 radical (unpaired) electrons. The molecule has 0 fully saturated rings. The van der Waals surface area contributed by atoms with Gasteiger partial charge < -0.3 is 9.74 Å². The molecule has 0 aromatic heterocycles. The van der Waals surface area contributed by atoms with Crippen molar-refractivity contribution in [1.82, 2.24) is 5.32 Å². The standard InChI is InChI=1S/C13H29NO2Si/c1-12(2,3)11(15)14-9-10-16-17(7,8)13(4,5)6/h9-10H2,1-8H3,(H,14,15). The first kappa shape index (κ1) is 16.6. The van der Waals surface area contributed by atoms with E-state index in [1.807, 2.05) is 20.8 Å². The van der Waals surface area contributed by atoms with Crippen molar-refractivity contribution in [3.05, 3.63) is 0 Å². The average molecular weight is 259 g/mol. The normalized spacial score (nSPS) is 13.6. The molecule has 0 unspecified atom stereocenters. The van der Waals surface area contributed by atoms with Gasteiger partial charge in [0.2, 0.25) is 5.91 Å². The zero-order valence-electron chi connectivity index (χ0n) is 12.7. The Labute approximate surface area is 107 Å². The van der Waals surface area contributed by atoms with Crippen LogP contribution in [0, 0.1) is 5.41 Å². The van der Waals surface area contributed by atoms with Gasteiger partial charge in [-0.3, -0.25) is 4.79 Å². The lowest BCUT2D eigenvalue weighted by molar-refractivity contribution is -0.128. The third-order valence-corrected chi connectivity index (χ3v) is 7.88. The minimum Gasteiger partial charge on any atom is -0.415 e. The monoisotopic (exact) mass is 259 g/mol. The Kier molecular flexibility index (Phi) is 5.41. The molecule has 4 heteroatoms. The molecule has 102 valence electrons. The van der Waals surface area contributed by atoms with E-state index in [2.05, 4.69) is 39.2 Å². The lowest BCUT2D eigenvalue weighted by Crippen LogP contribution is -2.43. The van der Waals surface area contributed by atoms with E-state index >= 15 is 0 Å². The highest BCUT2D eigenvalue weighted by molar-refractivity contribution is 6.74. The van der Waals surface area contributed by atoms with Crippen molar-refractivity contribution >= 4 is 14.2 Å². The summed E-state index contributed by atoms with van der Waals surface area (Å²) in [5, 5.41) is 3.13. The maximum Gasteiger partial charge on any atom is 0.225 e. The second-order valence-electron chi connectivity index (χ2n) is 7.11. The van der Waals surface area contributed by atoms with Gasteiger partial charge in [0.25, 0.3) is 0 Å². The summed E-state index contributed by atoms with van der Waals surface area (Å²) < 4.78 is 5.98. The maximum absolute atomic E-state index is 11.6. The highest BCUT2D eigenvalue weighted by atomic mass is 28.4. The molecule has 0 aromatic rings. The molecule has 0 bridgehead atoms. The van der Waals surface area contributed by atoms with Gasteiger partial charge in [-0.05, 0) is 18.1 Å². The van der Waals surface area contributed by atoms with Crippen LogP contribution in [0.25, 0.3) is 0 Å². The summed E-state index contributed by atoms with van der Waals surface area (Å²) in [5.74, 6) is 0.0799. The van der Waals surface area contributed by atoms with Crippen LogP contribution in [0.2, 0.25) is 18.1 Å². The van der Waals surface area contributed by atoms with Gasteiger partial charge in [-0.25, -0.2) is 0 Å². The van der Waals surface area contributed by atoms with Crippen LogP contribution in [-0.4, -0.2) is 27.4 Å². The van der Waals surface area contributed by atoms with E-state index in [1.54, 1.807) is 0 Å². The number of hydrogen-bond donors (Lipinski definition) is 1. The quantitative estimate of drug-likeness (QED) is 0.622. The molecule has 0 saturated carbocycles. The number of hydrogen-bond acceptors (Lipinski definition) is 2. The van der Waals surface area contributed by atoms with Crippen LogP contribution in [0.5, 0.6) is 0 Å². The van der Waals surface area contributed by atoms with Gasteiger partial charge in [0, 0.05) is 12.0 Å². The zero-order chi connectivity index (χ0) is 13.9. The number of amides is 1. The molecule has 0 spiro atoms. The van der Waals surface area contributed by atoms with Crippen molar-refractivity contribution in [2.45, 2.75) is 59.7 Å². The summed E-state index contributed by atoms with van der Waals surface area (Å²) in [6.45, 7) is 18.0. The van der Waals surface area contributed by atoms with Gasteiger partial charge >= 0.3 is 0 Å². The molecular weight excluding hydrogens is 230 g/mol. The predicted molar refractivity (Wildman–Crippen MR) is 75.6 cm³/mol. The molecule has 0 aliphatic heterocycles. The van der Waals surface area contributed by atoms with Crippen molar-refractivity contribution in [2.75, 3.05) is 13.2 Å². The van der Waals surface area contributed by atoms with Crippen molar-refractivity contribution in [3.63, 3.8) is 0 Å². The fourth-order valence-corrected chi connectivity index (χ4v) is 2.00. The Morgan fingerprint density at radius 1 is 1.12 bits per heavy atom. The summed E-state index contributed by atoms with van der Waals surface area (Å²) in [5.41, 5.74) is -0.322. The van der Waals surface area contributed by atoms with Gasteiger partial charge in [-0.1, -0.05) is 41.5 Å². The molecule has 0 atom stereocenters. The van der Waals surface area contributed by atoms with Crippen LogP contribution < -0.4 is 5.32 Å². The third-order valence-electron chi connectivity index (χ3n) is 3.34. The molecule has 0 aliphatic carbocycles. The van der Waals surface area contributed by atoms with Gasteiger partial charge in [-0.15, -0.1) is 0 Å². The first-order valence-corrected chi connectivity index (χ1v) is 9.21. The van der Waals surface area contributed by atoms with Crippen LogP contribution in [0.1, 0.15) is 41.5 Å². The predicted octanol–water partition coefficient (Wildman–Crippen LogP) is 3.17. The summed E-state index contributed by atoms with van der Waals surface area (Å²) >= 11 is 0. The molecule has 0 rings (SSSR count). The number of carbonyl (C=O) groups is 1. The van der Waals surface area contributed by atoms with Gasteiger partial charge in [-0.2, -0.15) is 0 Å². The fraction of sp³-hybridized carbons (Fsp3) is 0.923. The van der Waals surface area contributed by atoms with E-state index in [0.717, 1.165) is 0 Å². The lowest BCUT2D eigenvalue weighted by Gasteiger charge is -2.36. The minimum atomic E-state index is -1.67. The molecular formula is C13H29NO2Si. The molecule has 1 amide bonds. The fourth-order valence-electron chi connectivity index (χ4n) is 0.952. The highest BCUT2D eigenvalue weighted by Crippen LogP contribution is 2.36. The van der Waals surface area contributed by atoms with E-state index in [-0.39, 0.29) is 16.4 Å². The summed E-state index contributed by atoms with van der Waals surface area (Å²) in [6.07, 6.45) is 0. The average Bonchev–Trinajstić information content (AvgIpc) is 2.08. The van der Waals surface area contributed by atoms with Crippen LogP contribution in [0.3, 0.4) is 0 Å². The van der Waals surface area contributed by atoms with Crippen LogP contribution in [-0.2, 0) is 9.22 Å². The van der Waals surface area contributed by atoms with Crippen LogP contribution in [0.4, 0.5) is 0 Å². The topological polar surface area (TPSA) is 38.3 Å². The Bertz CT molecular complexity index is 262. The van der Waals surface area contributed by atoms with Crippen LogP contribution >= 0.6 is 0 Å². The van der Waals surface area contributed by atoms with Gasteiger partial charge in [0.15, 0.2) is 8.32 Å². The molecule has 17 heavy (non-hydrogen) atoms. The Morgan fingerprint density at radius 3 is 1.94 bits per heavy atom. The van der Waals surface area contributed by atoms with Crippen molar-refractivity contribution < 1.29 is 9.22 Å². The van der Waals surface area contributed by atoms with Crippen molar-refractivity contribution in [3.8, 4) is 0 Å². The number of carbonyl (C=O) groups excluding carboxylic acids is 1. The van der Waals surface area contributed by atoms with Crippen molar-refractivity contribution in [2.24, 2.45) is 5.41 Å². The highest BCUT2D eigenvalue weighted by Gasteiger charge is 2.36. The first-order valence-electron chi connectivity index (χ1n) is 6.30. The second kappa shape index (κ2) is 5.53. The van der Waals surface area contributed by atoms with Crippen molar-refractivity contribution in [1.29, 1.82) is 0 Å². The van der Waals surface area contributed by atoms with E-state index < -0.39 is 8.32 Å². The number of rotatable bonds is 4. The minimum absolute atomic E-state index is 0.0799. The van der Waals surface area contributed by atoms with E-state index in [4.69, 9.17) is 4.43 Å². The summed E-state index contributed by atoms with van der Waals surface area (Å²) in [6, 6.07) is 0. The molecule has 0 heterocycles. The van der Waals surface area contributed by atoms with Gasteiger partial charge in [0.05, 0.1) is 6.61 Å². The lowest BCUT2D eigenvalue weighted by atomic mass is 9.96. The first-order chi connectivity index (χ1) is 7.38. The molecule has 0 saturated heterocycles. The second-order valence-corrected chi connectivity index (χ2v) is 11.9. The Hall–Kier alpha value is -0.353. The molecule has 3 nitrogen and oxygen atoms in total. The largest absolute Gasteiger partial charge is 0.415 e. The van der Waals surface area contributed by atoms with Gasteiger partial charge in [0.1, 0.15) is 0 Å². The maximum atomic E-state index is 11.6. The Balaban J connectivity index is 3.99. The van der Waals surface area contributed by atoms with Crippen LogP contribution in [0.15, 0.2) is 0 Å². The molecule has 0 aliphatic rings. The van der Waals surface area contributed by atoms with E-state index in [9.17, 15) is 4.79 Å². The summed E-state index contributed by atoms with van der Waals surface area (Å²) in [7, 11) is -1.67. The smallest absolute Gasteiger partial charge is 0.225 e. The molecule has 0 aromatic carbocycles.